The summed E-state index contributed by atoms with van der Waals surface area (Å²) in [5.41, 5.74) is 5.03. The third kappa shape index (κ3) is 3.04. The third-order valence-electron chi connectivity index (χ3n) is 6.12. The van der Waals surface area contributed by atoms with E-state index in [1.807, 2.05) is 13.0 Å². The number of allylic oxidation sites excluding steroid dienone is 6. The summed E-state index contributed by atoms with van der Waals surface area (Å²) >= 11 is 0. The highest BCUT2D eigenvalue weighted by molar-refractivity contribution is 5.96. The summed E-state index contributed by atoms with van der Waals surface area (Å²) in [6, 6.07) is 0. The first-order valence-electron chi connectivity index (χ1n) is 8.47. The summed E-state index contributed by atoms with van der Waals surface area (Å²) in [5.74, 6) is 1.54. The lowest BCUT2D eigenvalue weighted by Gasteiger charge is -2.52. The molecule has 0 saturated heterocycles. The molecule has 3 rings (SSSR count). The van der Waals surface area contributed by atoms with Crippen LogP contribution in [0.5, 0.6) is 0 Å². The van der Waals surface area contributed by atoms with Gasteiger partial charge in [0.25, 0.3) is 0 Å². The Balaban J connectivity index is 2.28. The van der Waals surface area contributed by atoms with Gasteiger partial charge >= 0.3 is 0 Å². The van der Waals surface area contributed by atoms with E-state index >= 15 is 0 Å². The molecule has 1 saturated carbocycles. The molecule has 0 radical (unpaired) electrons. The molecule has 3 aliphatic rings. The fourth-order valence-electron chi connectivity index (χ4n) is 4.31. The third-order valence-corrected chi connectivity index (χ3v) is 6.12. The molecule has 1 heteroatoms. The second-order valence-corrected chi connectivity index (χ2v) is 7.52. The fourth-order valence-corrected chi connectivity index (χ4v) is 4.31. The molecule has 0 spiro atoms. The molecule has 2 bridgehead atoms. The van der Waals surface area contributed by atoms with Gasteiger partial charge < -0.3 is 0 Å². The normalized spacial score (nSPS) is 31.4. The first kappa shape index (κ1) is 17.0. The topological polar surface area (TPSA) is 17.1 Å². The Bertz CT molecular complexity index is 560. The van der Waals surface area contributed by atoms with Crippen molar-refractivity contribution in [1.29, 1.82) is 0 Å². The SMILES string of the molecule is C=C/C(C)=C/C[C@@H]1C[C@H]2CC[C@]1(C)C(CC(=O)C(=C)C)=C2C. The van der Waals surface area contributed by atoms with E-state index in [0.29, 0.717) is 23.8 Å². The van der Waals surface area contributed by atoms with Crippen LogP contribution in [0.15, 0.2) is 47.6 Å². The smallest absolute Gasteiger partial charge is 0.162 e. The molecule has 0 aromatic carbocycles. The molecule has 3 atom stereocenters. The summed E-state index contributed by atoms with van der Waals surface area (Å²) in [6.07, 6.45) is 9.70. The van der Waals surface area contributed by atoms with E-state index < -0.39 is 0 Å². The molecule has 0 aromatic heterocycles. The fraction of sp³-hybridized carbons (Fsp3) is 0.571. The van der Waals surface area contributed by atoms with Crippen molar-refractivity contribution < 1.29 is 4.79 Å². The zero-order valence-corrected chi connectivity index (χ0v) is 14.7. The van der Waals surface area contributed by atoms with Crippen molar-refractivity contribution >= 4 is 5.78 Å². The highest BCUT2D eigenvalue weighted by atomic mass is 16.1. The minimum atomic E-state index is 0.182. The maximum atomic E-state index is 12.2. The first-order valence-corrected chi connectivity index (χ1v) is 8.47. The van der Waals surface area contributed by atoms with Crippen LogP contribution in [0.3, 0.4) is 0 Å². The summed E-state index contributed by atoms with van der Waals surface area (Å²) < 4.78 is 0. The largest absolute Gasteiger partial charge is 0.294 e. The number of Topliss-reactive ketones (excluding diaryl/α,β-unsaturated/α-hetero) is 1. The van der Waals surface area contributed by atoms with Gasteiger partial charge in [-0.05, 0) is 69.3 Å². The lowest BCUT2D eigenvalue weighted by molar-refractivity contribution is -0.115. The van der Waals surface area contributed by atoms with E-state index in [9.17, 15) is 4.79 Å². The van der Waals surface area contributed by atoms with Crippen molar-refractivity contribution in [1.82, 2.24) is 0 Å². The Labute approximate surface area is 135 Å². The van der Waals surface area contributed by atoms with Crippen LogP contribution in [0.1, 0.15) is 59.8 Å². The molecule has 120 valence electrons. The molecule has 0 unspecified atom stereocenters. The van der Waals surface area contributed by atoms with Crippen molar-refractivity contribution in [2.45, 2.75) is 59.8 Å². The van der Waals surface area contributed by atoms with Gasteiger partial charge in [0.2, 0.25) is 0 Å². The van der Waals surface area contributed by atoms with Crippen molar-refractivity contribution in [2.24, 2.45) is 17.3 Å². The van der Waals surface area contributed by atoms with Crippen LogP contribution in [-0.2, 0) is 4.79 Å². The minimum Gasteiger partial charge on any atom is -0.294 e. The summed E-state index contributed by atoms with van der Waals surface area (Å²) in [4.78, 5) is 12.2. The van der Waals surface area contributed by atoms with E-state index in [-0.39, 0.29) is 11.2 Å². The molecular weight excluding hydrogens is 268 g/mol. The van der Waals surface area contributed by atoms with Crippen molar-refractivity contribution in [3.05, 3.63) is 47.6 Å². The predicted molar refractivity (Wildman–Crippen MR) is 94.6 cm³/mol. The average Bonchev–Trinajstić information content (AvgIpc) is 2.48. The van der Waals surface area contributed by atoms with Gasteiger partial charge in [0.1, 0.15) is 0 Å². The highest BCUT2D eigenvalue weighted by Crippen LogP contribution is 2.58. The second-order valence-electron chi connectivity index (χ2n) is 7.52. The number of ketones is 1. The van der Waals surface area contributed by atoms with Gasteiger partial charge in [0.05, 0.1) is 0 Å². The highest BCUT2D eigenvalue weighted by Gasteiger charge is 2.47. The van der Waals surface area contributed by atoms with Crippen LogP contribution < -0.4 is 0 Å². The molecule has 0 heterocycles. The zero-order valence-electron chi connectivity index (χ0n) is 14.7. The van der Waals surface area contributed by atoms with E-state index in [0.717, 1.165) is 6.42 Å². The van der Waals surface area contributed by atoms with Crippen LogP contribution in [0, 0.1) is 17.3 Å². The lowest BCUT2D eigenvalue weighted by Crippen LogP contribution is -2.42. The second kappa shape index (κ2) is 6.40. The molecule has 0 aromatic rings. The molecular formula is C21H30O. The Morgan fingerprint density at radius 1 is 1.41 bits per heavy atom. The Hall–Kier alpha value is -1.37. The maximum Gasteiger partial charge on any atom is 0.162 e. The lowest BCUT2D eigenvalue weighted by atomic mass is 9.52. The van der Waals surface area contributed by atoms with Crippen molar-refractivity contribution in [3.63, 3.8) is 0 Å². The zero-order chi connectivity index (χ0) is 16.5. The molecule has 1 fully saturated rings. The summed E-state index contributed by atoms with van der Waals surface area (Å²) in [6.45, 7) is 16.3. The van der Waals surface area contributed by atoms with Gasteiger partial charge in [-0.3, -0.25) is 4.79 Å². The Kier molecular flexibility index (Phi) is 4.94. The first-order chi connectivity index (χ1) is 10.3. The standard InChI is InChI=1S/C21H30O/c1-7-15(4)8-9-18-12-17-10-11-21(18,6)19(16(17)5)13-20(22)14(2)3/h7-8,17-18H,1-2,9-13H2,3-6H3/b15-8+/t17-,18-,21+/m1/s1. The minimum absolute atomic E-state index is 0.182. The van der Waals surface area contributed by atoms with Crippen molar-refractivity contribution in [3.8, 4) is 0 Å². The number of carbonyl (C=O) groups is 1. The van der Waals surface area contributed by atoms with Crippen LogP contribution >= 0.6 is 0 Å². The maximum absolute atomic E-state index is 12.2. The van der Waals surface area contributed by atoms with E-state index in [1.54, 1.807) is 0 Å². The van der Waals surface area contributed by atoms with Crippen LogP contribution in [0.2, 0.25) is 0 Å². The van der Waals surface area contributed by atoms with Crippen molar-refractivity contribution in [2.75, 3.05) is 0 Å². The molecule has 0 amide bonds. The van der Waals surface area contributed by atoms with E-state index in [4.69, 9.17) is 0 Å². The predicted octanol–water partition coefficient (Wildman–Crippen LogP) is 5.80. The monoisotopic (exact) mass is 298 g/mol. The number of rotatable bonds is 6. The van der Waals surface area contributed by atoms with E-state index in [2.05, 4.69) is 40.0 Å². The molecule has 1 nitrogen and oxygen atoms in total. The average molecular weight is 298 g/mol. The number of hydrogen-bond donors (Lipinski definition) is 0. The van der Waals surface area contributed by atoms with Crippen LogP contribution in [0.25, 0.3) is 0 Å². The molecule has 0 N–H and O–H groups in total. The quantitative estimate of drug-likeness (QED) is 0.344. The number of carbonyl (C=O) groups excluding carboxylic acids is 1. The van der Waals surface area contributed by atoms with Gasteiger partial charge in [-0.15, -0.1) is 0 Å². The van der Waals surface area contributed by atoms with Gasteiger partial charge in [0.15, 0.2) is 5.78 Å². The molecule has 22 heavy (non-hydrogen) atoms. The Morgan fingerprint density at radius 3 is 2.68 bits per heavy atom. The number of fused-ring (bicyclic) bond motifs is 2. The number of hydrogen-bond acceptors (Lipinski definition) is 1. The van der Waals surface area contributed by atoms with Gasteiger partial charge in [0, 0.05) is 6.42 Å². The molecule has 0 aliphatic heterocycles. The Morgan fingerprint density at radius 2 is 2.09 bits per heavy atom. The van der Waals surface area contributed by atoms with Gasteiger partial charge in [-0.25, -0.2) is 0 Å². The van der Waals surface area contributed by atoms with Gasteiger partial charge in [-0.1, -0.05) is 49.0 Å². The van der Waals surface area contributed by atoms with Crippen LogP contribution in [0.4, 0.5) is 0 Å². The van der Waals surface area contributed by atoms with Gasteiger partial charge in [-0.2, -0.15) is 0 Å². The summed E-state index contributed by atoms with van der Waals surface area (Å²) in [7, 11) is 0. The summed E-state index contributed by atoms with van der Waals surface area (Å²) in [5, 5.41) is 0. The van der Waals surface area contributed by atoms with Crippen LogP contribution in [-0.4, -0.2) is 5.78 Å². The van der Waals surface area contributed by atoms with E-state index in [1.165, 1.54) is 36.0 Å². The molecule has 3 aliphatic carbocycles.